The third-order valence-electron chi connectivity index (χ3n) is 2.24. The fourth-order valence-corrected chi connectivity index (χ4v) is 1.38. The van der Waals surface area contributed by atoms with Gasteiger partial charge in [-0.25, -0.2) is 4.79 Å². The van der Waals surface area contributed by atoms with Crippen LogP contribution in [0.25, 0.3) is 0 Å². The summed E-state index contributed by atoms with van der Waals surface area (Å²) < 4.78 is 9.92. The Hall–Kier alpha value is -2.08. The molecule has 0 aliphatic rings. The number of benzene rings is 1. The van der Waals surface area contributed by atoms with E-state index in [1.54, 1.807) is 0 Å². The van der Waals surface area contributed by atoms with E-state index < -0.39 is 12.1 Å². The maximum Gasteiger partial charge on any atom is 0.337 e. The first-order valence-corrected chi connectivity index (χ1v) is 4.67. The summed E-state index contributed by atoms with van der Waals surface area (Å²) in [6.07, 6.45) is -1.33. The van der Waals surface area contributed by atoms with Gasteiger partial charge >= 0.3 is 5.97 Å². The minimum atomic E-state index is -1.78. The molecule has 0 spiro atoms. The van der Waals surface area contributed by atoms with Crippen LogP contribution in [0, 0.1) is 0 Å². The highest BCUT2D eigenvalue weighted by molar-refractivity contribution is 5.84. The summed E-state index contributed by atoms with van der Waals surface area (Å²) in [6.45, 7) is 0. The molecule has 0 saturated carbocycles. The van der Waals surface area contributed by atoms with Crippen molar-refractivity contribution >= 4 is 12.3 Å². The number of aliphatic hydroxyl groups is 1. The lowest BCUT2D eigenvalue weighted by Gasteiger charge is -2.13. The Labute approximate surface area is 97.4 Å². The van der Waals surface area contributed by atoms with Gasteiger partial charge in [-0.1, -0.05) is 0 Å². The summed E-state index contributed by atoms with van der Waals surface area (Å²) in [6, 6.07) is 2.58. The van der Waals surface area contributed by atoms with E-state index in [9.17, 15) is 14.7 Å². The first-order chi connectivity index (χ1) is 8.04. The largest absolute Gasteiger partial charge is 0.493 e. The summed E-state index contributed by atoms with van der Waals surface area (Å²) in [4.78, 5) is 21.5. The Morgan fingerprint density at radius 1 is 1.29 bits per heavy atom. The van der Waals surface area contributed by atoms with Crippen LogP contribution in [-0.4, -0.2) is 36.7 Å². The van der Waals surface area contributed by atoms with Crippen molar-refractivity contribution in [3.8, 4) is 11.5 Å². The van der Waals surface area contributed by atoms with E-state index in [4.69, 9.17) is 14.6 Å². The Morgan fingerprint density at radius 2 is 1.82 bits per heavy atom. The fourth-order valence-electron chi connectivity index (χ4n) is 1.38. The van der Waals surface area contributed by atoms with E-state index >= 15 is 0 Å². The molecule has 1 aromatic rings. The molecule has 0 aliphatic heterocycles. The van der Waals surface area contributed by atoms with Crippen LogP contribution in [0.5, 0.6) is 11.5 Å². The van der Waals surface area contributed by atoms with Crippen LogP contribution in [0.4, 0.5) is 0 Å². The highest BCUT2D eigenvalue weighted by Gasteiger charge is 2.22. The van der Waals surface area contributed by atoms with Crippen LogP contribution >= 0.6 is 0 Å². The van der Waals surface area contributed by atoms with Gasteiger partial charge in [0.05, 0.1) is 14.2 Å². The van der Waals surface area contributed by atoms with Crippen LogP contribution < -0.4 is 9.47 Å². The number of ether oxygens (including phenoxy) is 2. The minimum absolute atomic E-state index is 0.0369. The molecule has 6 nitrogen and oxygen atoms in total. The van der Waals surface area contributed by atoms with Crippen molar-refractivity contribution in [2.24, 2.45) is 0 Å². The lowest BCUT2D eigenvalue weighted by molar-refractivity contribution is -0.146. The Kier molecular flexibility index (Phi) is 4.06. The van der Waals surface area contributed by atoms with Crippen molar-refractivity contribution in [3.63, 3.8) is 0 Å². The van der Waals surface area contributed by atoms with E-state index in [-0.39, 0.29) is 22.6 Å². The zero-order valence-electron chi connectivity index (χ0n) is 9.34. The lowest BCUT2D eigenvalue weighted by atomic mass is 10.0. The summed E-state index contributed by atoms with van der Waals surface area (Å²) in [5.41, 5.74) is 0.00250. The number of methoxy groups -OCH3 is 2. The second-order valence-corrected chi connectivity index (χ2v) is 3.19. The summed E-state index contributed by atoms with van der Waals surface area (Å²) in [5.74, 6) is -0.912. The smallest absolute Gasteiger partial charge is 0.337 e. The molecule has 0 bridgehead atoms. The van der Waals surface area contributed by atoms with Gasteiger partial charge in [-0.15, -0.1) is 0 Å². The SMILES string of the molecule is COc1cc(C=O)c(C(O)C(=O)O)cc1OC. The molecule has 0 radical (unpaired) electrons. The Morgan fingerprint density at radius 3 is 2.24 bits per heavy atom. The molecule has 1 aromatic carbocycles. The molecule has 1 unspecified atom stereocenters. The minimum Gasteiger partial charge on any atom is -0.493 e. The number of carbonyl (C=O) groups excluding carboxylic acids is 1. The van der Waals surface area contributed by atoms with Crippen LogP contribution in [0.2, 0.25) is 0 Å². The number of aliphatic carboxylic acids is 1. The van der Waals surface area contributed by atoms with Gasteiger partial charge in [0.2, 0.25) is 0 Å². The molecular weight excluding hydrogens is 228 g/mol. The van der Waals surface area contributed by atoms with Crippen LogP contribution in [0.1, 0.15) is 22.0 Å². The second-order valence-electron chi connectivity index (χ2n) is 3.19. The molecule has 1 rings (SSSR count). The average Bonchev–Trinajstić information content (AvgIpc) is 2.35. The number of carbonyl (C=O) groups is 2. The molecule has 1 atom stereocenters. The molecule has 0 saturated heterocycles. The van der Waals surface area contributed by atoms with Crippen molar-refractivity contribution in [2.45, 2.75) is 6.10 Å². The van der Waals surface area contributed by atoms with E-state index in [1.165, 1.54) is 26.4 Å². The second kappa shape index (κ2) is 5.31. The molecule has 0 amide bonds. The fraction of sp³-hybridized carbons (Fsp3) is 0.273. The summed E-state index contributed by atoms with van der Waals surface area (Å²) in [5, 5.41) is 18.1. The predicted octanol–water partition coefficient (Wildman–Crippen LogP) is 0.634. The number of hydrogen-bond acceptors (Lipinski definition) is 5. The third-order valence-corrected chi connectivity index (χ3v) is 2.24. The summed E-state index contributed by atoms with van der Waals surface area (Å²) in [7, 11) is 2.76. The quantitative estimate of drug-likeness (QED) is 0.733. The Balaban J connectivity index is 3.38. The molecule has 92 valence electrons. The van der Waals surface area contributed by atoms with Gasteiger partial charge in [0.1, 0.15) is 0 Å². The predicted molar refractivity (Wildman–Crippen MR) is 57.5 cm³/mol. The Bertz CT molecular complexity index is 440. The molecule has 17 heavy (non-hydrogen) atoms. The molecule has 0 fully saturated rings. The van der Waals surface area contributed by atoms with Crippen molar-refractivity contribution in [2.75, 3.05) is 14.2 Å². The molecule has 0 aliphatic carbocycles. The number of aldehydes is 1. The van der Waals surface area contributed by atoms with Gasteiger partial charge in [-0.3, -0.25) is 4.79 Å². The molecule has 2 N–H and O–H groups in total. The van der Waals surface area contributed by atoms with Crippen molar-refractivity contribution < 1.29 is 29.3 Å². The number of carboxylic acids is 1. The molecule has 0 heterocycles. The first-order valence-electron chi connectivity index (χ1n) is 4.67. The van der Waals surface area contributed by atoms with Crippen molar-refractivity contribution in [1.29, 1.82) is 0 Å². The maximum absolute atomic E-state index is 10.8. The van der Waals surface area contributed by atoms with Crippen LogP contribution in [-0.2, 0) is 4.79 Å². The zero-order valence-corrected chi connectivity index (χ0v) is 9.34. The van der Waals surface area contributed by atoms with Crippen LogP contribution in [0.3, 0.4) is 0 Å². The van der Waals surface area contributed by atoms with Crippen molar-refractivity contribution in [3.05, 3.63) is 23.3 Å². The van der Waals surface area contributed by atoms with E-state index in [1.807, 2.05) is 0 Å². The van der Waals surface area contributed by atoms with E-state index in [0.29, 0.717) is 6.29 Å². The highest BCUT2D eigenvalue weighted by Crippen LogP contribution is 2.32. The lowest BCUT2D eigenvalue weighted by Crippen LogP contribution is -2.13. The monoisotopic (exact) mass is 240 g/mol. The average molecular weight is 240 g/mol. The van der Waals surface area contributed by atoms with Gasteiger partial charge in [0.25, 0.3) is 0 Å². The normalized spacial score (nSPS) is 11.7. The van der Waals surface area contributed by atoms with Gasteiger partial charge in [0.15, 0.2) is 23.9 Å². The van der Waals surface area contributed by atoms with Crippen molar-refractivity contribution in [1.82, 2.24) is 0 Å². The first kappa shape index (κ1) is 13.0. The standard InChI is InChI=1S/C11H12O6/c1-16-8-3-6(5-12)7(4-9(8)17-2)10(13)11(14)15/h3-5,10,13H,1-2H3,(H,14,15). The number of aliphatic hydroxyl groups excluding tert-OH is 1. The highest BCUT2D eigenvalue weighted by atomic mass is 16.5. The van der Waals surface area contributed by atoms with Gasteiger partial charge in [-0.2, -0.15) is 0 Å². The number of carboxylic acid groups (broad SMARTS) is 1. The van der Waals surface area contributed by atoms with Gasteiger partial charge in [0, 0.05) is 11.1 Å². The zero-order chi connectivity index (χ0) is 13.0. The topological polar surface area (TPSA) is 93.1 Å². The summed E-state index contributed by atoms with van der Waals surface area (Å²) >= 11 is 0. The number of hydrogen-bond donors (Lipinski definition) is 2. The molecule has 0 aromatic heterocycles. The van der Waals surface area contributed by atoms with Gasteiger partial charge < -0.3 is 19.7 Å². The third kappa shape index (κ3) is 2.54. The van der Waals surface area contributed by atoms with Gasteiger partial charge in [-0.05, 0) is 12.1 Å². The van der Waals surface area contributed by atoms with E-state index in [0.717, 1.165) is 0 Å². The molecule has 6 heteroatoms. The van der Waals surface area contributed by atoms with E-state index in [2.05, 4.69) is 0 Å². The maximum atomic E-state index is 10.8. The number of rotatable bonds is 5. The molecular formula is C11H12O6. The van der Waals surface area contributed by atoms with Crippen LogP contribution in [0.15, 0.2) is 12.1 Å².